The van der Waals surface area contributed by atoms with Crippen LogP contribution in [-0.4, -0.2) is 34.6 Å². The molecule has 0 saturated carbocycles. The molecule has 0 radical (unpaired) electrons. The van der Waals surface area contributed by atoms with Gasteiger partial charge in [0.05, 0.1) is 11.4 Å². The zero-order valence-electron chi connectivity index (χ0n) is 18.1. The number of nitrogens with zero attached hydrogens (tertiary/aromatic N) is 2. The molecule has 0 fully saturated rings. The number of aryl methyl sites for hydroxylation is 3. The lowest BCUT2D eigenvalue weighted by Crippen LogP contribution is -2.29. The molecular formula is C25H29N3O3. The van der Waals surface area contributed by atoms with Gasteiger partial charge in [0.25, 0.3) is 5.91 Å². The van der Waals surface area contributed by atoms with Crippen LogP contribution in [0, 0.1) is 6.92 Å². The van der Waals surface area contributed by atoms with Crippen LogP contribution in [0.2, 0.25) is 0 Å². The molecule has 31 heavy (non-hydrogen) atoms. The van der Waals surface area contributed by atoms with Crippen LogP contribution in [0.15, 0.2) is 60.8 Å². The minimum absolute atomic E-state index is 0.0161. The standard InChI is InChI=1S/C25H29N3O3/c1-19(29)10-11-21-12-14-24(15-13-21)31-18-25(30)26-16-6-7-22-17-28(27-20(22)2)23-8-4-3-5-9-23/h3-5,8-9,12-15,17H,6-7,10-11,16,18H2,1-2H3,(H,26,30). The number of ether oxygens (including phenoxy) is 1. The number of rotatable bonds is 11. The second kappa shape index (κ2) is 11.1. The Kier molecular flexibility index (Phi) is 7.98. The molecule has 1 amide bonds. The van der Waals surface area contributed by atoms with Gasteiger partial charge in [0, 0.05) is 19.2 Å². The average Bonchev–Trinajstić information content (AvgIpc) is 3.15. The van der Waals surface area contributed by atoms with E-state index in [9.17, 15) is 9.59 Å². The molecule has 6 nitrogen and oxygen atoms in total. The molecule has 2 aromatic carbocycles. The largest absolute Gasteiger partial charge is 0.484 e. The Hall–Kier alpha value is -3.41. The Bertz CT molecular complexity index is 995. The first kappa shape index (κ1) is 22.3. The van der Waals surface area contributed by atoms with Crippen LogP contribution in [0.4, 0.5) is 0 Å². The van der Waals surface area contributed by atoms with Crippen molar-refractivity contribution in [2.24, 2.45) is 0 Å². The zero-order valence-corrected chi connectivity index (χ0v) is 18.1. The highest BCUT2D eigenvalue weighted by atomic mass is 16.5. The Balaban J connectivity index is 1.36. The SMILES string of the molecule is CC(=O)CCc1ccc(OCC(=O)NCCCc2cn(-c3ccccc3)nc2C)cc1. The molecule has 0 atom stereocenters. The highest BCUT2D eigenvalue weighted by Crippen LogP contribution is 2.14. The van der Waals surface area contributed by atoms with Gasteiger partial charge in [0.1, 0.15) is 11.5 Å². The molecule has 3 rings (SSSR count). The van der Waals surface area contributed by atoms with Crippen LogP contribution in [0.5, 0.6) is 5.75 Å². The Morgan fingerprint density at radius 1 is 1.03 bits per heavy atom. The smallest absolute Gasteiger partial charge is 0.257 e. The molecular weight excluding hydrogens is 390 g/mol. The van der Waals surface area contributed by atoms with Gasteiger partial charge < -0.3 is 14.8 Å². The molecule has 0 aliphatic rings. The number of hydrogen-bond donors (Lipinski definition) is 1. The number of carbonyl (C=O) groups is 2. The van der Waals surface area contributed by atoms with Gasteiger partial charge >= 0.3 is 0 Å². The molecule has 1 aromatic heterocycles. The third-order valence-electron chi connectivity index (χ3n) is 5.03. The van der Waals surface area contributed by atoms with E-state index in [0.29, 0.717) is 18.7 Å². The summed E-state index contributed by atoms with van der Waals surface area (Å²) in [5.74, 6) is 0.681. The van der Waals surface area contributed by atoms with Crippen molar-refractivity contribution in [1.82, 2.24) is 15.1 Å². The maximum atomic E-state index is 12.0. The minimum atomic E-state index is -0.141. The van der Waals surface area contributed by atoms with E-state index in [1.165, 1.54) is 5.56 Å². The van der Waals surface area contributed by atoms with Crippen molar-refractivity contribution >= 4 is 11.7 Å². The van der Waals surface area contributed by atoms with E-state index < -0.39 is 0 Å². The summed E-state index contributed by atoms with van der Waals surface area (Å²) in [6.45, 7) is 4.17. The van der Waals surface area contributed by atoms with E-state index in [2.05, 4.69) is 16.6 Å². The lowest BCUT2D eigenvalue weighted by atomic mass is 10.1. The summed E-state index contributed by atoms with van der Waals surface area (Å²) in [4.78, 5) is 23.1. The van der Waals surface area contributed by atoms with Crippen LogP contribution in [0.25, 0.3) is 5.69 Å². The van der Waals surface area contributed by atoms with Gasteiger partial charge in [-0.25, -0.2) is 4.68 Å². The van der Waals surface area contributed by atoms with Crippen molar-refractivity contribution in [3.8, 4) is 11.4 Å². The third kappa shape index (κ3) is 7.10. The van der Waals surface area contributed by atoms with Crippen LogP contribution in [0.3, 0.4) is 0 Å². The van der Waals surface area contributed by atoms with Gasteiger partial charge in [-0.2, -0.15) is 5.10 Å². The van der Waals surface area contributed by atoms with Crippen LogP contribution >= 0.6 is 0 Å². The number of ketones is 1. The number of carbonyl (C=O) groups excluding carboxylic acids is 2. The van der Waals surface area contributed by atoms with Crippen molar-refractivity contribution in [2.75, 3.05) is 13.2 Å². The fraction of sp³-hybridized carbons (Fsp3) is 0.320. The molecule has 0 unspecified atom stereocenters. The van der Waals surface area contributed by atoms with Crippen molar-refractivity contribution in [2.45, 2.75) is 39.5 Å². The summed E-state index contributed by atoms with van der Waals surface area (Å²) in [7, 11) is 0. The zero-order chi connectivity index (χ0) is 22.1. The predicted molar refractivity (Wildman–Crippen MR) is 121 cm³/mol. The molecule has 0 saturated heterocycles. The number of aromatic nitrogens is 2. The van der Waals surface area contributed by atoms with Crippen molar-refractivity contribution < 1.29 is 14.3 Å². The van der Waals surface area contributed by atoms with Crippen LogP contribution in [0.1, 0.15) is 36.6 Å². The molecule has 0 aliphatic carbocycles. The number of amides is 1. The maximum Gasteiger partial charge on any atom is 0.257 e. The van der Waals surface area contributed by atoms with Crippen molar-refractivity contribution in [3.05, 3.63) is 77.6 Å². The quantitative estimate of drug-likeness (QED) is 0.480. The first-order chi connectivity index (χ1) is 15.0. The monoisotopic (exact) mass is 419 g/mol. The van der Waals surface area contributed by atoms with Crippen LogP contribution < -0.4 is 10.1 Å². The van der Waals surface area contributed by atoms with E-state index in [4.69, 9.17) is 4.74 Å². The number of Topliss-reactive ketones (excluding diaryl/α,β-unsaturated/α-hetero) is 1. The second-order valence-electron chi connectivity index (χ2n) is 7.61. The van der Waals surface area contributed by atoms with Gasteiger partial charge in [-0.15, -0.1) is 0 Å². The molecule has 162 valence electrons. The summed E-state index contributed by atoms with van der Waals surface area (Å²) in [5, 5.41) is 7.47. The van der Waals surface area contributed by atoms with Gasteiger partial charge in [-0.3, -0.25) is 4.79 Å². The van der Waals surface area contributed by atoms with E-state index >= 15 is 0 Å². The van der Waals surface area contributed by atoms with E-state index in [0.717, 1.165) is 36.2 Å². The number of para-hydroxylation sites is 1. The highest BCUT2D eigenvalue weighted by Gasteiger charge is 2.07. The Labute approximate surface area is 183 Å². The van der Waals surface area contributed by atoms with Crippen LogP contribution in [-0.2, 0) is 22.4 Å². The normalized spacial score (nSPS) is 10.6. The first-order valence-electron chi connectivity index (χ1n) is 10.6. The van der Waals surface area contributed by atoms with Gasteiger partial charge in [-0.05, 0) is 68.5 Å². The number of hydrogen-bond acceptors (Lipinski definition) is 4. The average molecular weight is 420 g/mol. The summed E-state index contributed by atoms with van der Waals surface area (Å²) in [6, 6.07) is 17.5. The summed E-state index contributed by atoms with van der Waals surface area (Å²) in [5.41, 5.74) is 4.30. The molecule has 0 aliphatic heterocycles. The van der Waals surface area contributed by atoms with Crippen molar-refractivity contribution in [3.63, 3.8) is 0 Å². The van der Waals surface area contributed by atoms with Crippen molar-refractivity contribution in [1.29, 1.82) is 0 Å². The number of benzene rings is 2. The maximum absolute atomic E-state index is 12.0. The van der Waals surface area contributed by atoms with Gasteiger partial charge in [-0.1, -0.05) is 30.3 Å². The summed E-state index contributed by atoms with van der Waals surface area (Å²) < 4.78 is 7.43. The molecule has 0 bridgehead atoms. The fourth-order valence-corrected chi connectivity index (χ4v) is 3.23. The third-order valence-corrected chi connectivity index (χ3v) is 5.03. The Morgan fingerprint density at radius 2 is 1.77 bits per heavy atom. The lowest BCUT2D eigenvalue weighted by Gasteiger charge is -2.08. The minimum Gasteiger partial charge on any atom is -0.484 e. The summed E-state index contributed by atoms with van der Waals surface area (Å²) in [6.07, 6.45) is 4.99. The van der Waals surface area contributed by atoms with Gasteiger partial charge in [0.2, 0.25) is 0 Å². The molecule has 6 heteroatoms. The second-order valence-corrected chi connectivity index (χ2v) is 7.61. The molecule has 1 N–H and O–H groups in total. The van der Waals surface area contributed by atoms with E-state index in [1.807, 2.05) is 66.2 Å². The first-order valence-corrected chi connectivity index (χ1v) is 10.6. The predicted octanol–water partition coefficient (Wildman–Crippen LogP) is 3.83. The molecule has 3 aromatic rings. The van der Waals surface area contributed by atoms with E-state index in [1.54, 1.807) is 6.92 Å². The topological polar surface area (TPSA) is 73.2 Å². The Morgan fingerprint density at radius 3 is 2.48 bits per heavy atom. The van der Waals surface area contributed by atoms with Gasteiger partial charge in [0.15, 0.2) is 6.61 Å². The van der Waals surface area contributed by atoms with E-state index in [-0.39, 0.29) is 18.3 Å². The summed E-state index contributed by atoms with van der Waals surface area (Å²) >= 11 is 0. The lowest BCUT2D eigenvalue weighted by molar-refractivity contribution is -0.123. The molecule has 1 heterocycles. The highest BCUT2D eigenvalue weighted by molar-refractivity contribution is 5.77. The fourth-order valence-electron chi connectivity index (χ4n) is 3.23. The molecule has 0 spiro atoms. The number of nitrogens with one attached hydrogen (secondary N) is 1.